The molecule has 2 rings (SSSR count). The lowest BCUT2D eigenvalue weighted by Crippen LogP contribution is -2.53. The molecule has 0 aliphatic heterocycles. The molecule has 0 saturated carbocycles. The second-order valence-corrected chi connectivity index (χ2v) is 11.9. The summed E-state index contributed by atoms with van der Waals surface area (Å²) in [6.07, 6.45) is 2.08. The van der Waals surface area contributed by atoms with E-state index in [1.165, 1.54) is 4.90 Å². The number of carbonyl (C=O) groups is 2. The van der Waals surface area contributed by atoms with Gasteiger partial charge in [0.15, 0.2) is 0 Å². The van der Waals surface area contributed by atoms with Crippen molar-refractivity contribution < 1.29 is 18.0 Å². The van der Waals surface area contributed by atoms with Crippen LogP contribution in [-0.2, 0) is 26.2 Å². The van der Waals surface area contributed by atoms with Crippen LogP contribution in [0.25, 0.3) is 0 Å². The van der Waals surface area contributed by atoms with Crippen LogP contribution in [0.1, 0.15) is 44.7 Å². The molecule has 0 saturated heterocycles. The first-order valence-electron chi connectivity index (χ1n) is 11.6. The molecule has 0 spiro atoms. The highest BCUT2D eigenvalue weighted by Gasteiger charge is 2.32. The van der Waals surface area contributed by atoms with Gasteiger partial charge in [-0.15, -0.1) is 0 Å². The van der Waals surface area contributed by atoms with Crippen molar-refractivity contribution in [3.8, 4) is 0 Å². The maximum Gasteiger partial charge on any atom is 0.244 e. The molecular formula is C25H32Cl3N3O4S. The molecule has 2 aromatic carbocycles. The van der Waals surface area contributed by atoms with Crippen molar-refractivity contribution in [1.82, 2.24) is 10.2 Å². The number of halogens is 3. The van der Waals surface area contributed by atoms with Gasteiger partial charge in [-0.05, 0) is 68.1 Å². The molecule has 0 aliphatic rings. The SMILES string of the molecule is CC[C@H](C(=O)N[C@@H](C)CC)N(Cc1ccc(Cl)c(Cl)c1)C(=O)CN(c1ccc(Cl)cc1C)S(C)(=O)=O. The summed E-state index contributed by atoms with van der Waals surface area (Å²) >= 11 is 18.3. The number of hydrogen-bond donors (Lipinski definition) is 1. The van der Waals surface area contributed by atoms with E-state index in [-0.39, 0.29) is 18.5 Å². The standard InChI is InChI=1S/C25H32Cl3N3O4S/c1-6-17(4)29-25(33)22(7-2)30(14-18-8-10-20(27)21(28)13-18)24(32)15-31(36(5,34)35)23-11-9-19(26)12-16(23)3/h8-13,17,22H,6-7,14-15H2,1-5H3,(H,29,33)/t17-,22+/m0/s1. The fraction of sp³-hybridized carbons (Fsp3) is 0.440. The molecule has 0 unspecified atom stereocenters. The zero-order valence-corrected chi connectivity index (χ0v) is 24.1. The fourth-order valence-electron chi connectivity index (χ4n) is 3.69. The molecular weight excluding hydrogens is 545 g/mol. The zero-order chi connectivity index (χ0) is 27.2. The molecule has 0 radical (unpaired) electrons. The third-order valence-electron chi connectivity index (χ3n) is 5.83. The minimum Gasteiger partial charge on any atom is -0.352 e. The third kappa shape index (κ3) is 8.00. The number of amides is 2. The van der Waals surface area contributed by atoms with Crippen molar-refractivity contribution in [2.24, 2.45) is 0 Å². The normalized spacial score (nSPS) is 13.1. The van der Waals surface area contributed by atoms with Crippen LogP contribution in [0.2, 0.25) is 15.1 Å². The van der Waals surface area contributed by atoms with Crippen molar-refractivity contribution in [2.45, 2.75) is 59.2 Å². The summed E-state index contributed by atoms with van der Waals surface area (Å²) in [5.41, 5.74) is 1.58. The monoisotopic (exact) mass is 575 g/mol. The first-order chi connectivity index (χ1) is 16.8. The fourth-order valence-corrected chi connectivity index (χ4v) is 5.14. The Labute approximate surface area is 228 Å². The molecule has 1 N–H and O–H groups in total. The molecule has 198 valence electrons. The Hall–Kier alpha value is -2.00. The summed E-state index contributed by atoms with van der Waals surface area (Å²) < 4.78 is 26.5. The average Bonchev–Trinajstić information content (AvgIpc) is 2.79. The first kappa shape index (κ1) is 30.2. The molecule has 0 bridgehead atoms. The van der Waals surface area contributed by atoms with Gasteiger partial charge in [0.05, 0.1) is 22.0 Å². The quantitative estimate of drug-likeness (QED) is 0.386. The lowest BCUT2D eigenvalue weighted by Gasteiger charge is -2.33. The Morgan fingerprint density at radius 1 is 1.00 bits per heavy atom. The molecule has 36 heavy (non-hydrogen) atoms. The van der Waals surface area contributed by atoms with E-state index in [1.807, 2.05) is 13.8 Å². The van der Waals surface area contributed by atoms with Crippen LogP contribution in [0, 0.1) is 6.92 Å². The maximum atomic E-state index is 13.7. The van der Waals surface area contributed by atoms with E-state index in [2.05, 4.69) is 5.32 Å². The van der Waals surface area contributed by atoms with Crippen LogP contribution in [0.4, 0.5) is 5.69 Å². The number of nitrogens with zero attached hydrogens (tertiary/aromatic N) is 2. The summed E-state index contributed by atoms with van der Waals surface area (Å²) in [7, 11) is -3.84. The summed E-state index contributed by atoms with van der Waals surface area (Å²) in [6, 6.07) is 8.79. The van der Waals surface area contributed by atoms with Gasteiger partial charge in [-0.3, -0.25) is 13.9 Å². The summed E-state index contributed by atoms with van der Waals surface area (Å²) in [5, 5.41) is 4.05. The van der Waals surface area contributed by atoms with E-state index < -0.39 is 28.5 Å². The summed E-state index contributed by atoms with van der Waals surface area (Å²) in [4.78, 5) is 28.3. The number of hydrogen-bond acceptors (Lipinski definition) is 4. The highest BCUT2D eigenvalue weighted by molar-refractivity contribution is 7.92. The zero-order valence-electron chi connectivity index (χ0n) is 21.0. The molecule has 2 aromatic rings. The van der Waals surface area contributed by atoms with Gasteiger partial charge in [0, 0.05) is 17.6 Å². The Kier molecular flexibility index (Phi) is 10.9. The largest absolute Gasteiger partial charge is 0.352 e. The molecule has 2 amide bonds. The van der Waals surface area contributed by atoms with E-state index in [0.717, 1.165) is 17.0 Å². The van der Waals surface area contributed by atoms with Gasteiger partial charge in [0.25, 0.3) is 0 Å². The highest BCUT2D eigenvalue weighted by Crippen LogP contribution is 2.27. The van der Waals surface area contributed by atoms with Gasteiger partial charge >= 0.3 is 0 Å². The van der Waals surface area contributed by atoms with Crippen molar-refractivity contribution >= 4 is 62.3 Å². The minimum atomic E-state index is -3.84. The van der Waals surface area contributed by atoms with Gasteiger partial charge < -0.3 is 10.2 Å². The smallest absolute Gasteiger partial charge is 0.244 e. The number of nitrogens with one attached hydrogen (secondary N) is 1. The summed E-state index contributed by atoms with van der Waals surface area (Å²) in [6.45, 7) is 6.89. The van der Waals surface area contributed by atoms with Crippen molar-refractivity contribution in [2.75, 3.05) is 17.1 Å². The topological polar surface area (TPSA) is 86.8 Å². The van der Waals surface area contributed by atoms with Crippen LogP contribution in [0.5, 0.6) is 0 Å². The second kappa shape index (κ2) is 13.0. The minimum absolute atomic E-state index is 0.0410. The van der Waals surface area contributed by atoms with Gasteiger partial charge in [0.1, 0.15) is 12.6 Å². The van der Waals surface area contributed by atoms with Crippen LogP contribution < -0.4 is 9.62 Å². The average molecular weight is 577 g/mol. The molecule has 11 heteroatoms. The van der Waals surface area contributed by atoms with E-state index in [4.69, 9.17) is 34.8 Å². The number of sulfonamides is 1. The van der Waals surface area contributed by atoms with Crippen LogP contribution in [0.3, 0.4) is 0 Å². The van der Waals surface area contributed by atoms with Gasteiger partial charge in [0.2, 0.25) is 21.8 Å². The number of benzene rings is 2. The summed E-state index contributed by atoms with van der Waals surface area (Å²) in [5.74, 6) is -0.846. The predicted octanol–water partition coefficient (Wildman–Crippen LogP) is 5.44. The third-order valence-corrected chi connectivity index (χ3v) is 7.93. The first-order valence-corrected chi connectivity index (χ1v) is 14.5. The lowest BCUT2D eigenvalue weighted by atomic mass is 10.1. The highest BCUT2D eigenvalue weighted by atomic mass is 35.5. The molecule has 0 fully saturated rings. The molecule has 7 nitrogen and oxygen atoms in total. The Bertz CT molecular complexity index is 1210. The Morgan fingerprint density at radius 2 is 1.67 bits per heavy atom. The van der Waals surface area contributed by atoms with Crippen LogP contribution >= 0.6 is 34.8 Å². The molecule has 0 aliphatic carbocycles. The number of rotatable bonds is 11. The molecule has 0 aromatic heterocycles. The molecule has 2 atom stereocenters. The molecule has 0 heterocycles. The second-order valence-electron chi connectivity index (χ2n) is 8.71. The Morgan fingerprint density at radius 3 is 2.19 bits per heavy atom. The van der Waals surface area contributed by atoms with Crippen molar-refractivity contribution in [1.29, 1.82) is 0 Å². The van der Waals surface area contributed by atoms with Crippen LogP contribution in [0.15, 0.2) is 36.4 Å². The predicted molar refractivity (Wildman–Crippen MR) is 147 cm³/mol. The van der Waals surface area contributed by atoms with E-state index in [9.17, 15) is 18.0 Å². The number of anilines is 1. The van der Waals surface area contributed by atoms with Gasteiger partial charge in [-0.25, -0.2) is 8.42 Å². The Balaban J connectivity index is 2.50. The van der Waals surface area contributed by atoms with E-state index in [1.54, 1.807) is 50.2 Å². The lowest BCUT2D eigenvalue weighted by molar-refractivity contribution is -0.140. The van der Waals surface area contributed by atoms with Crippen molar-refractivity contribution in [3.05, 3.63) is 62.6 Å². The maximum absolute atomic E-state index is 13.7. The van der Waals surface area contributed by atoms with Gasteiger partial charge in [-0.1, -0.05) is 54.7 Å². The number of carbonyl (C=O) groups excluding carboxylic acids is 2. The van der Waals surface area contributed by atoms with Crippen molar-refractivity contribution in [3.63, 3.8) is 0 Å². The van der Waals surface area contributed by atoms with Crippen LogP contribution in [-0.4, -0.2) is 50.0 Å². The number of aryl methyl sites for hydroxylation is 1. The van der Waals surface area contributed by atoms with E-state index >= 15 is 0 Å². The van der Waals surface area contributed by atoms with Gasteiger partial charge in [-0.2, -0.15) is 0 Å². The van der Waals surface area contributed by atoms with E-state index in [0.29, 0.717) is 38.3 Å².